The molecule has 1 aliphatic rings. The van der Waals surface area contributed by atoms with Gasteiger partial charge in [-0.05, 0) is 41.8 Å². The number of aryl methyl sites for hydroxylation is 1. The zero-order chi connectivity index (χ0) is 16.7. The number of fused-ring (bicyclic) bond motifs is 1. The van der Waals surface area contributed by atoms with Gasteiger partial charge < -0.3 is 9.53 Å². The molecule has 0 fully saturated rings. The van der Waals surface area contributed by atoms with Crippen LogP contribution < -0.4 is 4.74 Å². The highest BCUT2D eigenvalue weighted by molar-refractivity contribution is 5.89. The van der Waals surface area contributed by atoms with E-state index in [-0.39, 0.29) is 11.7 Å². The summed E-state index contributed by atoms with van der Waals surface area (Å²) in [7, 11) is 1.67. The smallest absolute Gasteiger partial charge is 0.289 e. The molecule has 0 bridgehead atoms. The number of rotatable bonds is 4. The van der Waals surface area contributed by atoms with Crippen molar-refractivity contribution in [3.05, 3.63) is 54.2 Å². The minimum absolute atomic E-state index is 0.236. The third kappa shape index (κ3) is 5.14. The second-order valence-corrected chi connectivity index (χ2v) is 5.12. The van der Waals surface area contributed by atoms with Crippen molar-refractivity contribution < 1.29 is 14.3 Å². The normalized spacial score (nSPS) is 12.2. The highest BCUT2D eigenvalue weighted by Gasteiger charge is 2.00. The first-order chi connectivity index (χ1) is 11.1. The fourth-order valence-corrected chi connectivity index (χ4v) is 2.10. The molecule has 0 saturated heterocycles. The second-order valence-electron chi connectivity index (χ2n) is 5.12. The molecule has 0 saturated carbocycles. The van der Waals surface area contributed by atoms with Crippen molar-refractivity contribution in [1.29, 1.82) is 0 Å². The number of methoxy groups -OCH3 is 1. The van der Waals surface area contributed by atoms with E-state index in [1.807, 2.05) is 18.2 Å². The lowest BCUT2D eigenvalue weighted by molar-refractivity contribution is -0.117. The average molecular weight is 310 g/mol. The van der Waals surface area contributed by atoms with Crippen molar-refractivity contribution in [2.75, 3.05) is 7.11 Å². The van der Waals surface area contributed by atoms with Gasteiger partial charge >= 0.3 is 0 Å². The van der Waals surface area contributed by atoms with E-state index in [0.29, 0.717) is 6.42 Å². The Bertz CT molecular complexity index is 765. The minimum atomic E-state index is -0.269. The summed E-state index contributed by atoms with van der Waals surface area (Å²) < 4.78 is 5.19. The minimum Gasteiger partial charge on any atom is -0.497 e. The Hall–Kier alpha value is -2.82. The Labute approximate surface area is 134 Å². The van der Waals surface area contributed by atoms with E-state index >= 15 is 0 Å². The van der Waals surface area contributed by atoms with E-state index in [0.717, 1.165) is 17.6 Å². The van der Waals surface area contributed by atoms with Gasteiger partial charge in [0.1, 0.15) is 11.5 Å². The van der Waals surface area contributed by atoms with Crippen LogP contribution in [-0.4, -0.2) is 18.8 Å². The summed E-state index contributed by atoms with van der Waals surface area (Å²) in [6.45, 7) is 1.63. The van der Waals surface area contributed by atoms with Gasteiger partial charge in [0.25, 0.3) is 5.91 Å². The van der Waals surface area contributed by atoms with Gasteiger partial charge in [0, 0.05) is 12.5 Å². The van der Waals surface area contributed by atoms with Crippen LogP contribution in [-0.2, 0) is 16.0 Å². The molecule has 3 rings (SSSR count). The molecule has 0 aliphatic carbocycles. The standard InChI is InChI=1S/C15H16O2.C3H2N2O/c1-11(16)3-4-12-5-6-14-10-15(17-2)8-7-13(14)9-12;6-3-1-2-4-5-3/h5-10H,3-4H2,1-2H3;1-2H. The summed E-state index contributed by atoms with van der Waals surface area (Å²) in [4.78, 5) is 20.8. The summed E-state index contributed by atoms with van der Waals surface area (Å²) in [5, 5.41) is 8.72. The van der Waals surface area contributed by atoms with E-state index in [2.05, 4.69) is 28.4 Å². The van der Waals surface area contributed by atoms with Gasteiger partial charge in [0.05, 0.1) is 13.3 Å². The number of azo groups is 1. The SMILES string of the molecule is COc1ccc2cc(CCC(C)=O)ccc2c1.O=C1C=CN=N1. The number of ether oxygens (including phenoxy) is 1. The van der Waals surface area contributed by atoms with Crippen LogP contribution in [0.4, 0.5) is 0 Å². The summed E-state index contributed by atoms with van der Waals surface area (Å²) in [6, 6.07) is 12.3. The molecule has 2 aromatic rings. The van der Waals surface area contributed by atoms with Crippen LogP contribution in [0.2, 0.25) is 0 Å². The molecule has 0 aromatic heterocycles. The molecular formula is C18H18N2O3. The first-order valence-electron chi connectivity index (χ1n) is 7.26. The maximum Gasteiger partial charge on any atom is 0.289 e. The summed E-state index contributed by atoms with van der Waals surface area (Å²) in [5.41, 5.74) is 1.21. The molecule has 0 atom stereocenters. The van der Waals surface area contributed by atoms with Crippen molar-refractivity contribution in [3.63, 3.8) is 0 Å². The fraction of sp³-hybridized carbons (Fsp3) is 0.222. The number of amides is 1. The number of carbonyl (C=O) groups excluding carboxylic acids is 2. The Kier molecular flexibility index (Phi) is 5.74. The lowest BCUT2D eigenvalue weighted by atomic mass is 10.0. The van der Waals surface area contributed by atoms with Crippen LogP contribution in [0.15, 0.2) is 58.9 Å². The Morgan fingerprint density at radius 3 is 2.43 bits per heavy atom. The van der Waals surface area contributed by atoms with Gasteiger partial charge in [-0.15, -0.1) is 5.11 Å². The maximum absolute atomic E-state index is 10.9. The van der Waals surface area contributed by atoms with E-state index in [1.165, 1.54) is 23.2 Å². The highest BCUT2D eigenvalue weighted by atomic mass is 16.5. The van der Waals surface area contributed by atoms with Crippen LogP contribution >= 0.6 is 0 Å². The molecule has 5 nitrogen and oxygen atoms in total. The summed E-state index contributed by atoms with van der Waals surface area (Å²) >= 11 is 0. The molecular weight excluding hydrogens is 292 g/mol. The molecule has 118 valence electrons. The Balaban J connectivity index is 0.000000268. The largest absolute Gasteiger partial charge is 0.497 e. The molecule has 2 aromatic carbocycles. The number of carbonyl (C=O) groups is 2. The van der Waals surface area contributed by atoms with Crippen LogP contribution in [0.1, 0.15) is 18.9 Å². The average Bonchev–Trinajstić information content (AvgIpc) is 3.03. The molecule has 1 heterocycles. The zero-order valence-corrected chi connectivity index (χ0v) is 13.2. The maximum atomic E-state index is 10.9. The number of nitrogens with zero attached hydrogens (tertiary/aromatic N) is 2. The second kappa shape index (κ2) is 7.98. The van der Waals surface area contributed by atoms with Crippen molar-refractivity contribution in [1.82, 2.24) is 0 Å². The number of benzene rings is 2. The van der Waals surface area contributed by atoms with Gasteiger partial charge in [-0.1, -0.05) is 24.3 Å². The van der Waals surface area contributed by atoms with Gasteiger partial charge in [-0.2, -0.15) is 5.11 Å². The van der Waals surface area contributed by atoms with Gasteiger partial charge in [-0.3, -0.25) is 4.79 Å². The molecule has 0 N–H and O–H groups in total. The highest BCUT2D eigenvalue weighted by Crippen LogP contribution is 2.22. The number of hydrogen-bond acceptors (Lipinski definition) is 4. The third-order valence-corrected chi connectivity index (χ3v) is 3.32. The lowest BCUT2D eigenvalue weighted by Gasteiger charge is -2.05. The quantitative estimate of drug-likeness (QED) is 0.861. The Morgan fingerprint density at radius 2 is 1.87 bits per heavy atom. The van der Waals surface area contributed by atoms with Crippen LogP contribution in [0, 0.1) is 0 Å². The molecule has 23 heavy (non-hydrogen) atoms. The molecule has 1 amide bonds. The number of hydrogen-bond donors (Lipinski definition) is 0. The van der Waals surface area contributed by atoms with Crippen molar-refractivity contribution in [2.24, 2.45) is 10.2 Å². The monoisotopic (exact) mass is 310 g/mol. The molecule has 0 spiro atoms. The first kappa shape index (κ1) is 16.5. The summed E-state index contributed by atoms with van der Waals surface area (Å²) in [6.07, 6.45) is 4.10. The summed E-state index contributed by atoms with van der Waals surface area (Å²) in [5.74, 6) is 0.837. The van der Waals surface area contributed by atoms with Crippen molar-refractivity contribution in [3.8, 4) is 5.75 Å². The van der Waals surface area contributed by atoms with Crippen molar-refractivity contribution in [2.45, 2.75) is 19.8 Å². The zero-order valence-electron chi connectivity index (χ0n) is 13.2. The topological polar surface area (TPSA) is 68.1 Å². The van der Waals surface area contributed by atoms with Gasteiger partial charge in [-0.25, -0.2) is 0 Å². The molecule has 0 radical (unpaired) electrons. The Morgan fingerprint density at radius 1 is 1.13 bits per heavy atom. The predicted molar refractivity (Wildman–Crippen MR) is 88.5 cm³/mol. The van der Waals surface area contributed by atoms with E-state index in [1.54, 1.807) is 14.0 Å². The number of Topliss-reactive ketones (excluding diaryl/α,β-unsaturated/α-hetero) is 1. The fourth-order valence-electron chi connectivity index (χ4n) is 2.10. The van der Waals surface area contributed by atoms with Gasteiger partial charge in [0.15, 0.2) is 0 Å². The van der Waals surface area contributed by atoms with E-state index in [9.17, 15) is 9.59 Å². The lowest BCUT2D eigenvalue weighted by Crippen LogP contribution is -1.93. The van der Waals surface area contributed by atoms with Crippen LogP contribution in [0.3, 0.4) is 0 Å². The first-order valence-corrected chi connectivity index (χ1v) is 7.26. The van der Waals surface area contributed by atoms with Crippen molar-refractivity contribution >= 4 is 22.5 Å². The molecule has 0 unspecified atom stereocenters. The van der Waals surface area contributed by atoms with E-state index < -0.39 is 0 Å². The van der Waals surface area contributed by atoms with Gasteiger partial charge in [0.2, 0.25) is 0 Å². The van der Waals surface area contributed by atoms with Crippen LogP contribution in [0.25, 0.3) is 10.8 Å². The predicted octanol–water partition coefficient (Wildman–Crippen LogP) is 3.86. The number of ketones is 1. The van der Waals surface area contributed by atoms with E-state index in [4.69, 9.17) is 4.74 Å². The molecule has 1 aliphatic heterocycles. The molecule has 5 heteroatoms. The third-order valence-electron chi connectivity index (χ3n) is 3.32. The van der Waals surface area contributed by atoms with Crippen LogP contribution in [0.5, 0.6) is 5.75 Å².